The van der Waals surface area contributed by atoms with Crippen molar-refractivity contribution < 1.29 is 24.5 Å². The van der Waals surface area contributed by atoms with Crippen molar-refractivity contribution in [2.24, 2.45) is 0 Å². The molecule has 0 fully saturated rings. The van der Waals surface area contributed by atoms with E-state index in [0.717, 1.165) is 57.8 Å². The van der Waals surface area contributed by atoms with E-state index in [-0.39, 0.29) is 18.5 Å². The molecular formula is C51H101NO5. The third-order valence-electron chi connectivity index (χ3n) is 12.2. The predicted molar refractivity (Wildman–Crippen MR) is 246 cm³/mol. The number of carbonyl (C=O) groups is 2. The fourth-order valence-electron chi connectivity index (χ4n) is 8.17. The van der Waals surface area contributed by atoms with Gasteiger partial charge in [-0.1, -0.05) is 251 Å². The number of carbonyl (C=O) groups excluding carboxylic acids is 2. The van der Waals surface area contributed by atoms with E-state index < -0.39 is 12.1 Å². The molecule has 6 nitrogen and oxygen atoms in total. The van der Waals surface area contributed by atoms with Crippen LogP contribution in [-0.4, -0.2) is 47.4 Å². The molecule has 0 heterocycles. The highest BCUT2D eigenvalue weighted by atomic mass is 16.5. The van der Waals surface area contributed by atoms with Crippen molar-refractivity contribution in [1.82, 2.24) is 5.32 Å². The molecule has 1 amide bonds. The second-order valence-electron chi connectivity index (χ2n) is 17.9. The first-order valence-electron chi connectivity index (χ1n) is 25.8. The van der Waals surface area contributed by atoms with Crippen molar-refractivity contribution in [3.05, 3.63) is 0 Å². The average molecular weight is 808 g/mol. The Morgan fingerprint density at radius 3 is 1.07 bits per heavy atom. The van der Waals surface area contributed by atoms with Crippen LogP contribution >= 0.6 is 0 Å². The fourth-order valence-corrected chi connectivity index (χ4v) is 8.17. The number of nitrogens with one attached hydrogen (secondary N) is 1. The zero-order chi connectivity index (χ0) is 41.5. The molecule has 6 heteroatoms. The molecule has 0 aromatic rings. The molecule has 0 saturated heterocycles. The Morgan fingerprint density at radius 2 is 0.719 bits per heavy atom. The lowest BCUT2D eigenvalue weighted by atomic mass is 10.0. The van der Waals surface area contributed by atoms with Crippen molar-refractivity contribution in [1.29, 1.82) is 0 Å². The zero-order valence-electron chi connectivity index (χ0n) is 38.6. The highest BCUT2D eigenvalue weighted by Crippen LogP contribution is 2.17. The minimum absolute atomic E-state index is 0.0204. The van der Waals surface area contributed by atoms with E-state index in [1.165, 1.54) is 199 Å². The number of hydrogen-bond donors (Lipinski definition) is 3. The molecular weight excluding hydrogens is 707 g/mol. The molecule has 0 aliphatic carbocycles. The lowest BCUT2D eigenvalue weighted by Gasteiger charge is -2.22. The number of ether oxygens (including phenoxy) is 1. The summed E-state index contributed by atoms with van der Waals surface area (Å²) in [5, 5.41) is 23.2. The Morgan fingerprint density at radius 1 is 0.421 bits per heavy atom. The molecule has 0 aromatic carbocycles. The van der Waals surface area contributed by atoms with Crippen LogP contribution in [0.4, 0.5) is 0 Å². The number of aliphatic hydroxyl groups is 2. The van der Waals surface area contributed by atoms with Gasteiger partial charge in [0, 0.05) is 12.8 Å². The molecule has 3 N–H and O–H groups in total. The SMILES string of the molecule is CCCCCCCCCCCCCCCCCCCC(=O)OCCCCCCCCCCCC(=O)NC(CO)C(O)CCCCCCCCCCCCCCCC. The van der Waals surface area contributed by atoms with E-state index >= 15 is 0 Å². The quantitative estimate of drug-likeness (QED) is 0.0420. The average Bonchev–Trinajstić information content (AvgIpc) is 3.21. The van der Waals surface area contributed by atoms with E-state index in [4.69, 9.17) is 4.74 Å². The van der Waals surface area contributed by atoms with E-state index in [2.05, 4.69) is 19.2 Å². The Bertz CT molecular complexity index is 806. The highest BCUT2D eigenvalue weighted by molar-refractivity contribution is 5.76. The predicted octanol–water partition coefficient (Wildman–Crippen LogP) is 15.2. The van der Waals surface area contributed by atoms with Gasteiger partial charge in [0.1, 0.15) is 0 Å². The number of rotatable bonds is 48. The summed E-state index contributed by atoms with van der Waals surface area (Å²) in [5.41, 5.74) is 0. The maximum Gasteiger partial charge on any atom is 0.305 e. The van der Waals surface area contributed by atoms with Crippen molar-refractivity contribution in [3.63, 3.8) is 0 Å². The third kappa shape index (κ3) is 44.2. The maximum atomic E-state index is 12.4. The van der Waals surface area contributed by atoms with Gasteiger partial charge in [-0.25, -0.2) is 0 Å². The van der Waals surface area contributed by atoms with Crippen LogP contribution in [0.2, 0.25) is 0 Å². The minimum atomic E-state index is -0.679. The normalized spacial score (nSPS) is 12.6. The van der Waals surface area contributed by atoms with Gasteiger partial charge in [-0.05, 0) is 25.7 Å². The summed E-state index contributed by atoms with van der Waals surface area (Å²) >= 11 is 0. The monoisotopic (exact) mass is 808 g/mol. The van der Waals surface area contributed by atoms with Gasteiger partial charge in [-0.2, -0.15) is 0 Å². The lowest BCUT2D eigenvalue weighted by Crippen LogP contribution is -2.45. The number of unbranched alkanes of at least 4 members (excludes halogenated alkanes) is 37. The highest BCUT2D eigenvalue weighted by Gasteiger charge is 2.20. The van der Waals surface area contributed by atoms with Gasteiger partial charge in [0.15, 0.2) is 0 Å². The van der Waals surface area contributed by atoms with Gasteiger partial charge < -0.3 is 20.3 Å². The number of hydrogen-bond acceptors (Lipinski definition) is 5. The smallest absolute Gasteiger partial charge is 0.305 e. The molecule has 2 unspecified atom stereocenters. The minimum Gasteiger partial charge on any atom is -0.466 e. The molecule has 0 rings (SSSR count). The van der Waals surface area contributed by atoms with E-state index in [1.54, 1.807) is 0 Å². The first-order chi connectivity index (χ1) is 28.0. The van der Waals surface area contributed by atoms with Gasteiger partial charge in [0.2, 0.25) is 5.91 Å². The molecule has 57 heavy (non-hydrogen) atoms. The molecule has 0 aliphatic rings. The van der Waals surface area contributed by atoms with Crippen LogP contribution in [0.15, 0.2) is 0 Å². The van der Waals surface area contributed by atoms with E-state index in [9.17, 15) is 19.8 Å². The molecule has 0 radical (unpaired) electrons. The molecule has 0 aromatic heterocycles. The van der Waals surface area contributed by atoms with Crippen LogP contribution in [0.25, 0.3) is 0 Å². The third-order valence-corrected chi connectivity index (χ3v) is 12.2. The van der Waals surface area contributed by atoms with E-state index in [1.807, 2.05) is 0 Å². The summed E-state index contributed by atoms with van der Waals surface area (Å²) in [6, 6.07) is -0.559. The molecule has 0 saturated carbocycles. The summed E-state index contributed by atoms with van der Waals surface area (Å²) in [5.74, 6) is -0.0806. The molecule has 0 aliphatic heterocycles. The first-order valence-corrected chi connectivity index (χ1v) is 25.8. The molecule has 2 atom stereocenters. The number of amides is 1. The van der Waals surface area contributed by atoms with Crippen LogP contribution in [0, 0.1) is 0 Å². The topological polar surface area (TPSA) is 95.9 Å². The van der Waals surface area contributed by atoms with Gasteiger partial charge >= 0.3 is 5.97 Å². The maximum absolute atomic E-state index is 12.4. The van der Waals surface area contributed by atoms with Crippen LogP contribution in [-0.2, 0) is 14.3 Å². The standard InChI is InChI=1S/C51H101NO5/c1-3-5-7-9-11-13-15-17-19-20-21-23-25-29-33-37-41-45-51(56)57-46-42-38-34-30-26-28-32-36-40-44-50(55)52-48(47-53)49(54)43-39-35-31-27-24-22-18-16-14-12-10-8-6-4-2/h48-49,53-54H,3-47H2,1-2H3,(H,52,55). The molecule has 0 spiro atoms. The van der Waals surface area contributed by atoms with Crippen LogP contribution in [0.1, 0.15) is 290 Å². The van der Waals surface area contributed by atoms with Gasteiger partial charge in [-0.15, -0.1) is 0 Å². The van der Waals surface area contributed by atoms with Crippen molar-refractivity contribution in [2.75, 3.05) is 13.2 Å². The van der Waals surface area contributed by atoms with Crippen molar-refractivity contribution >= 4 is 11.9 Å². The summed E-state index contributed by atoms with van der Waals surface area (Å²) in [6.45, 7) is 4.91. The number of esters is 1. The van der Waals surface area contributed by atoms with Crippen LogP contribution in [0.5, 0.6) is 0 Å². The van der Waals surface area contributed by atoms with Gasteiger partial charge in [0.25, 0.3) is 0 Å². The fraction of sp³-hybridized carbons (Fsp3) is 0.961. The van der Waals surface area contributed by atoms with E-state index in [0.29, 0.717) is 25.9 Å². The number of aliphatic hydroxyl groups excluding tert-OH is 2. The van der Waals surface area contributed by atoms with Crippen LogP contribution in [0.3, 0.4) is 0 Å². The molecule has 340 valence electrons. The lowest BCUT2D eigenvalue weighted by molar-refractivity contribution is -0.143. The summed E-state index contributed by atoms with van der Waals surface area (Å²) in [4.78, 5) is 24.5. The van der Waals surface area contributed by atoms with Gasteiger partial charge in [0.05, 0.1) is 25.4 Å². The van der Waals surface area contributed by atoms with Crippen molar-refractivity contribution in [2.45, 2.75) is 302 Å². The zero-order valence-corrected chi connectivity index (χ0v) is 38.6. The second-order valence-corrected chi connectivity index (χ2v) is 17.9. The Labute approximate surface area is 356 Å². The summed E-state index contributed by atoms with van der Waals surface area (Å²) in [7, 11) is 0. The van der Waals surface area contributed by atoms with Crippen LogP contribution < -0.4 is 5.32 Å². The Balaban J connectivity index is 3.45. The Kier molecular flexibility index (Phi) is 46.6. The van der Waals surface area contributed by atoms with Crippen molar-refractivity contribution in [3.8, 4) is 0 Å². The van der Waals surface area contributed by atoms with Gasteiger partial charge in [-0.3, -0.25) is 9.59 Å². The molecule has 0 bridgehead atoms. The second kappa shape index (κ2) is 47.5. The first kappa shape index (κ1) is 55.9. The summed E-state index contributed by atoms with van der Waals surface area (Å²) < 4.78 is 5.46. The Hall–Kier alpha value is -1.14. The largest absolute Gasteiger partial charge is 0.466 e. The summed E-state index contributed by atoms with van der Waals surface area (Å²) in [6.07, 6.45) is 52.1.